The van der Waals surface area contributed by atoms with E-state index in [2.05, 4.69) is 21.2 Å². The number of halogens is 1. The zero-order valence-electron chi connectivity index (χ0n) is 11.7. The van der Waals surface area contributed by atoms with Gasteiger partial charge in [-0.05, 0) is 30.5 Å². The second kappa shape index (κ2) is 6.58. The number of nitrogens with one attached hydrogen (secondary N) is 1. The average molecular weight is 363 g/mol. The molecule has 0 aliphatic rings. The van der Waals surface area contributed by atoms with Crippen LogP contribution in [0.3, 0.4) is 0 Å². The van der Waals surface area contributed by atoms with E-state index in [0.29, 0.717) is 11.4 Å². The lowest BCUT2D eigenvalue weighted by atomic mass is 10.2. The van der Waals surface area contributed by atoms with Gasteiger partial charge in [-0.15, -0.1) is 0 Å². The minimum atomic E-state index is -3.40. The Bertz CT molecular complexity index is 612. The van der Waals surface area contributed by atoms with E-state index >= 15 is 0 Å². The summed E-state index contributed by atoms with van der Waals surface area (Å²) in [5.41, 5.74) is 7.52. The molecule has 1 aromatic carbocycles. The highest BCUT2D eigenvalue weighted by Crippen LogP contribution is 2.27. The van der Waals surface area contributed by atoms with E-state index in [9.17, 15) is 13.2 Å². The molecule has 1 rings (SSSR count). The van der Waals surface area contributed by atoms with Crippen LogP contribution in [0.1, 0.15) is 19.4 Å². The van der Waals surface area contributed by atoms with Gasteiger partial charge in [0.2, 0.25) is 5.91 Å². The quantitative estimate of drug-likeness (QED) is 0.786. The molecule has 0 atom stereocenters. The fraction of sp³-hybridized carbons (Fsp3) is 0.462. The largest absolute Gasteiger partial charge is 0.397 e. The number of carbonyl (C=O) groups is 1. The number of anilines is 2. The van der Waals surface area contributed by atoms with Gasteiger partial charge >= 0.3 is 0 Å². The average Bonchev–Trinajstić information content (AvgIpc) is 2.21. The molecule has 5 nitrogen and oxygen atoms in total. The van der Waals surface area contributed by atoms with Crippen LogP contribution in [0.4, 0.5) is 11.4 Å². The molecule has 0 bridgehead atoms. The second-order valence-electron chi connectivity index (χ2n) is 5.18. The molecule has 0 aliphatic heterocycles. The summed E-state index contributed by atoms with van der Waals surface area (Å²) in [7, 11) is -3.40. The van der Waals surface area contributed by atoms with Crippen molar-refractivity contribution in [3.05, 3.63) is 22.2 Å². The zero-order chi connectivity index (χ0) is 15.5. The summed E-state index contributed by atoms with van der Waals surface area (Å²) in [6.45, 7) is 5.40. The topological polar surface area (TPSA) is 89.3 Å². The molecular weight excluding hydrogens is 344 g/mol. The molecule has 0 unspecified atom stereocenters. The number of aryl methyl sites for hydroxylation is 1. The lowest BCUT2D eigenvalue weighted by Crippen LogP contribution is -2.26. The number of nitrogen functional groups attached to an aromatic ring is 1. The molecule has 0 aliphatic carbocycles. The lowest BCUT2D eigenvalue weighted by molar-refractivity contribution is -0.113. The smallest absolute Gasteiger partial charge is 0.239 e. The Labute approximate surface area is 128 Å². The molecule has 3 N–H and O–H groups in total. The highest BCUT2D eigenvalue weighted by molar-refractivity contribution is 9.10. The van der Waals surface area contributed by atoms with Gasteiger partial charge in [0.25, 0.3) is 0 Å². The molecule has 112 valence electrons. The van der Waals surface area contributed by atoms with Crippen LogP contribution in [0.5, 0.6) is 0 Å². The Morgan fingerprint density at radius 2 is 2.00 bits per heavy atom. The summed E-state index contributed by atoms with van der Waals surface area (Å²) in [5.74, 6) is -1.12. The molecule has 0 saturated carbocycles. The molecule has 0 saturated heterocycles. The first-order valence-corrected chi connectivity index (χ1v) is 8.78. The third-order valence-electron chi connectivity index (χ3n) is 2.56. The van der Waals surface area contributed by atoms with Gasteiger partial charge in [-0.1, -0.05) is 29.8 Å². The first kappa shape index (κ1) is 17.0. The predicted molar refractivity (Wildman–Crippen MR) is 85.4 cm³/mol. The Morgan fingerprint density at radius 1 is 1.40 bits per heavy atom. The molecule has 1 aromatic rings. The number of benzene rings is 1. The van der Waals surface area contributed by atoms with Gasteiger partial charge in [-0.3, -0.25) is 4.79 Å². The minimum Gasteiger partial charge on any atom is -0.397 e. The van der Waals surface area contributed by atoms with Gasteiger partial charge in [0.1, 0.15) is 5.75 Å². The fourth-order valence-electron chi connectivity index (χ4n) is 1.81. The van der Waals surface area contributed by atoms with E-state index in [1.165, 1.54) is 0 Å². The minimum absolute atomic E-state index is 0.00653. The molecule has 0 fully saturated rings. The Morgan fingerprint density at radius 3 is 2.55 bits per heavy atom. The molecule has 0 radical (unpaired) electrons. The Kier molecular flexibility index (Phi) is 5.59. The maximum atomic E-state index is 11.8. The van der Waals surface area contributed by atoms with Gasteiger partial charge in [-0.2, -0.15) is 0 Å². The van der Waals surface area contributed by atoms with Crippen molar-refractivity contribution in [3.8, 4) is 0 Å². The van der Waals surface area contributed by atoms with Crippen molar-refractivity contribution in [1.82, 2.24) is 0 Å². The van der Waals surface area contributed by atoms with Crippen LogP contribution in [-0.4, -0.2) is 25.8 Å². The van der Waals surface area contributed by atoms with Crippen molar-refractivity contribution in [2.75, 3.05) is 22.6 Å². The van der Waals surface area contributed by atoms with Crippen molar-refractivity contribution in [2.45, 2.75) is 20.8 Å². The summed E-state index contributed by atoms with van der Waals surface area (Å²) >= 11 is 3.31. The Balaban J connectivity index is 2.82. The maximum absolute atomic E-state index is 11.8. The van der Waals surface area contributed by atoms with Crippen molar-refractivity contribution < 1.29 is 13.2 Å². The number of nitrogens with two attached hydrogens (primary N) is 1. The van der Waals surface area contributed by atoms with Crippen molar-refractivity contribution >= 4 is 43.0 Å². The number of carbonyl (C=O) groups excluding carboxylic acids is 1. The normalized spacial score (nSPS) is 11.7. The number of hydrogen-bond donors (Lipinski definition) is 2. The predicted octanol–water partition coefficient (Wildman–Crippen LogP) is 2.35. The first-order valence-electron chi connectivity index (χ1n) is 6.16. The van der Waals surface area contributed by atoms with Gasteiger partial charge in [0, 0.05) is 4.47 Å². The third kappa shape index (κ3) is 5.13. The van der Waals surface area contributed by atoms with Crippen molar-refractivity contribution in [3.63, 3.8) is 0 Å². The molecular formula is C13H19BrN2O3S. The van der Waals surface area contributed by atoms with Crippen LogP contribution < -0.4 is 11.1 Å². The highest BCUT2D eigenvalue weighted by atomic mass is 79.9. The van der Waals surface area contributed by atoms with Gasteiger partial charge < -0.3 is 11.1 Å². The number of sulfone groups is 1. The molecule has 0 heterocycles. The SMILES string of the molecule is Cc1cc(Br)cc(NC(=O)CS(=O)(=O)CC(C)C)c1N. The maximum Gasteiger partial charge on any atom is 0.239 e. The highest BCUT2D eigenvalue weighted by Gasteiger charge is 2.19. The standard InChI is InChI=1S/C13H19BrN2O3S/c1-8(2)6-20(18,19)7-12(17)16-11-5-10(14)4-9(3)13(11)15/h4-5,8H,6-7,15H2,1-3H3,(H,16,17). The van der Waals surface area contributed by atoms with Crippen LogP contribution in [0.2, 0.25) is 0 Å². The van der Waals surface area contributed by atoms with Gasteiger partial charge in [-0.25, -0.2) is 8.42 Å². The Hall–Kier alpha value is -1.08. The van der Waals surface area contributed by atoms with Crippen molar-refractivity contribution in [2.24, 2.45) is 5.92 Å². The van der Waals surface area contributed by atoms with Crippen molar-refractivity contribution in [1.29, 1.82) is 0 Å². The van der Waals surface area contributed by atoms with E-state index in [-0.39, 0.29) is 11.7 Å². The monoisotopic (exact) mass is 362 g/mol. The number of hydrogen-bond acceptors (Lipinski definition) is 4. The zero-order valence-corrected chi connectivity index (χ0v) is 14.1. The van der Waals surface area contributed by atoms with Gasteiger partial charge in [0.15, 0.2) is 9.84 Å². The summed E-state index contributed by atoms with van der Waals surface area (Å²) in [6, 6.07) is 3.47. The van der Waals surface area contributed by atoms with E-state index < -0.39 is 21.5 Å². The number of amides is 1. The molecule has 0 aromatic heterocycles. The summed E-state index contributed by atoms with van der Waals surface area (Å²) in [5, 5.41) is 2.55. The molecule has 20 heavy (non-hydrogen) atoms. The van der Waals surface area contributed by atoms with Gasteiger partial charge in [0.05, 0.1) is 17.1 Å². The van der Waals surface area contributed by atoms with Crippen LogP contribution >= 0.6 is 15.9 Å². The number of rotatable bonds is 5. The summed E-state index contributed by atoms with van der Waals surface area (Å²) in [6.07, 6.45) is 0. The van der Waals surface area contributed by atoms with Crippen LogP contribution in [0.25, 0.3) is 0 Å². The molecule has 7 heteroatoms. The van der Waals surface area contributed by atoms with E-state index in [4.69, 9.17) is 5.73 Å². The summed E-state index contributed by atoms with van der Waals surface area (Å²) < 4.78 is 24.3. The first-order chi connectivity index (χ1) is 9.10. The van der Waals surface area contributed by atoms with Crippen LogP contribution in [0.15, 0.2) is 16.6 Å². The van der Waals surface area contributed by atoms with E-state index in [1.807, 2.05) is 13.0 Å². The third-order valence-corrected chi connectivity index (χ3v) is 4.90. The second-order valence-corrected chi connectivity index (χ2v) is 8.21. The molecule has 1 amide bonds. The molecule has 0 spiro atoms. The van der Waals surface area contributed by atoms with Crippen LogP contribution in [-0.2, 0) is 14.6 Å². The fourth-order valence-corrected chi connectivity index (χ4v) is 3.99. The van der Waals surface area contributed by atoms with E-state index in [1.54, 1.807) is 19.9 Å². The van der Waals surface area contributed by atoms with E-state index in [0.717, 1.165) is 10.0 Å². The van der Waals surface area contributed by atoms with Crippen LogP contribution in [0, 0.1) is 12.8 Å². The summed E-state index contributed by atoms with van der Waals surface area (Å²) in [4.78, 5) is 11.8. The lowest BCUT2D eigenvalue weighted by Gasteiger charge is -2.12.